The van der Waals surface area contributed by atoms with Crippen LogP contribution in [0.2, 0.25) is 0 Å². The number of nitrogens with one attached hydrogen (secondary N) is 1. The summed E-state index contributed by atoms with van der Waals surface area (Å²) in [6.07, 6.45) is -1.45. The van der Waals surface area contributed by atoms with E-state index in [0.29, 0.717) is 5.69 Å². The average molecular weight is 257 g/mol. The van der Waals surface area contributed by atoms with Crippen molar-refractivity contribution in [2.75, 3.05) is 11.5 Å². The molecule has 1 aromatic rings. The zero-order chi connectivity index (χ0) is 12.9. The van der Waals surface area contributed by atoms with E-state index in [-0.39, 0.29) is 0 Å². The Morgan fingerprint density at radius 3 is 2.29 bits per heavy atom. The zero-order valence-electron chi connectivity index (χ0n) is 8.87. The van der Waals surface area contributed by atoms with Crippen LogP contribution in [0.15, 0.2) is 30.3 Å². The normalized spacial score (nSPS) is 10.9. The van der Waals surface area contributed by atoms with Crippen molar-refractivity contribution in [1.29, 1.82) is 0 Å². The minimum Gasteiger partial charge on any atom is -0.326 e. The van der Waals surface area contributed by atoms with Gasteiger partial charge in [0.05, 0.1) is 6.42 Å². The molecule has 3 N–H and O–H groups in total. The molecule has 6 nitrogen and oxygen atoms in total. The first-order valence-electron chi connectivity index (χ1n) is 4.78. The maximum atomic E-state index is 11.3. The number of ketones is 1. The number of para-hydroxylation sites is 1. The number of amides is 1. The second kappa shape index (κ2) is 5.72. The summed E-state index contributed by atoms with van der Waals surface area (Å²) in [5, 5.41) is 2.45. The largest absolute Gasteiger partial charge is 0.332 e. The van der Waals surface area contributed by atoms with Gasteiger partial charge in [-0.3, -0.25) is 14.2 Å². The molecule has 1 rings (SSSR count). The summed E-state index contributed by atoms with van der Waals surface area (Å²) in [6, 6.07) is 8.49. The van der Waals surface area contributed by atoms with E-state index in [1.54, 1.807) is 30.3 Å². The summed E-state index contributed by atoms with van der Waals surface area (Å²) in [6.45, 7) is 0. The van der Waals surface area contributed by atoms with Gasteiger partial charge >= 0.3 is 7.60 Å². The van der Waals surface area contributed by atoms with Gasteiger partial charge in [0, 0.05) is 5.69 Å². The van der Waals surface area contributed by atoms with E-state index in [1.807, 2.05) is 0 Å². The molecule has 0 radical (unpaired) electrons. The average Bonchev–Trinajstić information content (AvgIpc) is 2.15. The monoisotopic (exact) mass is 257 g/mol. The van der Waals surface area contributed by atoms with E-state index < -0.39 is 31.9 Å². The molecule has 0 fully saturated rings. The third-order valence-electron chi connectivity index (χ3n) is 1.80. The highest BCUT2D eigenvalue weighted by atomic mass is 31.2. The number of Topliss-reactive ketones (excluding diaryl/α,β-unsaturated/α-hetero) is 1. The van der Waals surface area contributed by atoms with E-state index in [4.69, 9.17) is 9.79 Å². The van der Waals surface area contributed by atoms with Gasteiger partial charge in [0.25, 0.3) is 0 Å². The molecular formula is C10H12NO5P. The minimum absolute atomic E-state index is 0.529. The van der Waals surface area contributed by atoms with Gasteiger partial charge in [-0.15, -0.1) is 0 Å². The Hall–Kier alpha value is -1.49. The van der Waals surface area contributed by atoms with Crippen molar-refractivity contribution in [3.05, 3.63) is 30.3 Å². The Morgan fingerprint density at radius 1 is 1.18 bits per heavy atom. The van der Waals surface area contributed by atoms with Gasteiger partial charge in [-0.25, -0.2) is 0 Å². The number of benzene rings is 1. The molecule has 0 atom stereocenters. The van der Waals surface area contributed by atoms with Crippen LogP contribution in [0.25, 0.3) is 0 Å². The lowest BCUT2D eigenvalue weighted by molar-refractivity contribution is -0.124. The highest BCUT2D eigenvalue weighted by Gasteiger charge is 2.20. The molecule has 0 heterocycles. The number of carbonyl (C=O) groups excluding carboxylic acids is 2. The second-order valence-corrected chi connectivity index (χ2v) is 5.10. The second-order valence-electron chi connectivity index (χ2n) is 3.45. The van der Waals surface area contributed by atoms with Crippen LogP contribution in [-0.2, 0) is 14.2 Å². The number of hydrogen-bond acceptors (Lipinski definition) is 3. The zero-order valence-corrected chi connectivity index (χ0v) is 9.76. The van der Waals surface area contributed by atoms with Gasteiger partial charge in [0.2, 0.25) is 5.91 Å². The molecular weight excluding hydrogens is 245 g/mol. The van der Waals surface area contributed by atoms with Gasteiger partial charge in [0.15, 0.2) is 5.78 Å². The van der Waals surface area contributed by atoms with Crippen molar-refractivity contribution in [2.24, 2.45) is 0 Å². The van der Waals surface area contributed by atoms with Crippen LogP contribution >= 0.6 is 7.60 Å². The maximum Gasteiger partial charge on any atom is 0.332 e. The summed E-state index contributed by atoms with van der Waals surface area (Å²) < 4.78 is 10.5. The number of carbonyl (C=O) groups is 2. The minimum atomic E-state index is -4.39. The fraction of sp³-hybridized carbons (Fsp3) is 0.200. The molecule has 17 heavy (non-hydrogen) atoms. The molecule has 0 aromatic heterocycles. The smallest absolute Gasteiger partial charge is 0.326 e. The molecule has 0 saturated heterocycles. The standard InChI is InChI=1S/C10H12NO5P/c12-9(7-17(14,15)16)6-10(13)11-8-4-2-1-3-5-8/h1-5H,6-7H2,(H,11,13)(H2,14,15,16). The number of hydrogen-bond donors (Lipinski definition) is 3. The van der Waals surface area contributed by atoms with Crippen LogP contribution in [0.5, 0.6) is 0 Å². The Balaban J connectivity index is 2.46. The summed E-state index contributed by atoms with van der Waals surface area (Å²) in [5.41, 5.74) is 0.529. The van der Waals surface area contributed by atoms with Gasteiger partial charge in [-0.2, -0.15) is 0 Å². The van der Waals surface area contributed by atoms with Crippen LogP contribution in [0.1, 0.15) is 6.42 Å². The Bertz CT molecular complexity index is 453. The maximum absolute atomic E-state index is 11.3. The van der Waals surface area contributed by atoms with Crippen molar-refractivity contribution in [3.63, 3.8) is 0 Å². The first-order valence-corrected chi connectivity index (χ1v) is 6.58. The van der Waals surface area contributed by atoms with Crippen LogP contribution in [0.4, 0.5) is 5.69 Å². The molecule has 0 spiro atoms. The van der Waals surface area contributed by atoms with E-state index >= 15 is 0 Å². The fourth-order valence-electron chi connectivity index (χ4n) is 1.19. The van der Waals surface area contributed by atoms with E-state index in [2.05, 4.69) is 5.32 Å². The lowest BCUT2D eigenvalue weighted by atomic mass is 10.2. The molecule has 0 bridgehead atoms. The Labute approximate surface area is 97.8 Å². The molecule has 92 valence electrons. The predicted molar refractivity (Wildman–Crippen MR) is 61.6 cm³/mol. The molecule has 7 heteroatoms. The molecule has 0 unspecified atom stereocenters. The summed E-state index contributed by atoms with van der Waals surface area (Å²) in [5.74, 6) is -1.37. The Kier molecular flexibility index (Phi) is 4.57. The first kappa shape index (κ1) is 13.6. The third kappa shape index (κ3) is 5.97. The van der Waals surface area contributed by atoms with E-state index in [1.165, 1.54) is 0 Å². The lowest BCUT2D eigenvalue weighted by Gasteiger charge is -2.05. The van der Waals surface area contributed by atoms with Crippen LogP contribution in [0, 0.1) is 0 Å². The highest BCUT2D eigenvalue weighted by molar-refractivity contribution is 7.52. The van der Waals surface area contributed by atoms with Crippen molar-refractivity contribution in [2.45, 2.75) is 6.42 Å². The molecule has 0 aliphatic carbocycles. The Morgan fingerprint density at radius 2 is 1.76 bits per heavy atom. The third-order valence-corrected chi connectivity index (χ3v) is 2.56. The van der Waals surface area contributed by atoms with Crippen molar-refractivity contribution < 1.29 is 23.9 Å². The number of anilines is 1. The van der Waals surface area contributed by atoms with Crippen molar-refractivity contribution in [3.8, 4) is 0 Å². The molecule has 0 aliphatic heterocycles. The van der Waals surface area contributed by atoms with Crippen molar-refractivity contribution in [1.82, 2.24) is 0 Å². The van der Waals surface area contributed by atoms with Gasteiger partial charge in [-0.05, 0) is 12.1 Å². The van der Waals surface area contributed by atoms with Gasteiger partial charge < -0.3 is 15.1 Å². The SMILES string of the molecule is O=C(CC(=O)Nc1ccccc1)CP(=O)(O)O. The lowest BCUT2D eigenvalue weighted by Crippen LogP contribution is -2.18. The molecule has 0 saturated carbocycles. The van der Waals surface area contributed by atoms with Gasteiger partial charge in [0.1, 0.15) is 6.16 Å². The van der Waals surface area contributed by atoms with Crippen LogP contribution < -0.4 is 5.32 Å². The molecule has 1 amide bonds. The van der Waals surface area contributed by atoms with Crippen molar-refractivity contribution >= 4 is 25.0 Å². The first-order chi connectivity index (χ1) is 7.87. The van der Waals surface area contributed by atoms with Crippen LogP contribution in [0.3, 0.4) is 0 Å². The predicted octanol–water partition coefficient (Wildman–Crippen LogP) is 0.762. The summed E-state index contributed by atoms with van der Waals surface area (Å²) in [7, 11) is -4.39. The summed E-state index contributed by atoms with van der Waals surface area (Å²) >= 11 is 0. The van der Waals surface area contributed by atoms with E-state index in [9.17, 15) is 14.2 Å². The molecule has 0 aliphatic rings. The van der Waals surface area contributed by atoms with E-state index in [0.717, 1.165) is 0 Å². The van der Waals surface area contributed by atoms with Gasteiger partial charge in [-0.1, -0.05) is 18.2 Å². The number of rotatable bonds is 5. The molecule has 1 aromatic carbocycles. The van der Waals surface area contributed by atoms with Crippen LogP contribution in [-0.4, -0.2) is 27.6 Å². The quantitative estimate of drug-likeness (QED) is 0.533. The summed E-state index contributed by atoms with van der Waals surface area (Å²) in [4.78, 5) is 39.5. The topological polar surface area (TPSA) is 104 Å². The highest BCUT2D eigenvalue weighted by Crippen LogP contribution is 2.34. The fourth-order valence-corrected chi connectivity index (χ4v) is 1.76.